The first kappa shape index (κ1) is 19.4. The van der Waals surface area contributed by atoms with E-state index >= 15 is 0 Å². The van der Waals surface area contributed by atoms with Crippen LogP contribution in [-0.2, 0) is 4.74 Å². The van der Waals surface area contributed by atoms with Crippen molar-refractivity contribution in [3.05, 3.63) is 65.0 Å². The summed E-state index contributed by atoms with van der Waals surface area (Å²) in [5.41, 5.74) is 3.33. The third kappa shape index (κ3) is 3.67. The molecule has 0 amide bonds. The van der Waals surface area contributed by atoms with E-state index in [9.17, 15) is 5.11 Å². The number of aliphatic hydroxyl groups is 1. The number of aliphatic hydroxyl groups excluding tert-OH is 1. The molecule has 2 heterocycles. The molecule has 0 saturated carbocycles. The van der Waals surface area contributed by atoms with Crippen molar-refractivity contribution in [1.82, 2.24) is 5.32 Å². The van der Waals surface area contributed by atoms with Crippen LogP contribution < -0.4 is 10.1 Å². The summed E-state index contributed by atoms with van der Waals surface area (Å²) in [6, 6.07) is 6.66. The standard InChI is InChI=1S/C25H30N2O3/c1-15(2)29-24-14-20(26-25(27-24)19-8-3-5-9-21(19)28)16-11-12-18-17-7-4-6-10-22(17)30-23(18)13-16/h4-5,7,9,11-13,15,17,20,22,24,28H,3,6,8,10,14H2,1-2H3,(H,26,27). The average Bonchev–Trinajstić information content (AvgIpc) is 3.11. The monoisotopic (exact) mass is 406 g/mol. The van der Waals surface area contributed by atoms with Gasteiger partial charge in [-0.15, -0.1) is 0 Å². The zero-order valence-corrected chi connectivity index (χ0v) is 17.7. The van der Waals surface area contributed by atoms with Gasteiger partial charge in [0.2, 0.25) is 0 Å². The van der Waals surface area contributed by atoms with Crippen molar-refractivity contribution in [2.45, 2.75) is 76.3 Å². The number of ether oxygens (including phenoxy) is 2. The first-order valence-electron chi connectivity index (χ1n) is 11.1. The van der Waals surface area contributed by atoms with Crippen LogP contribution in [0.15, 0.2) is 58.8 Å². The fourth-order valence-corrected chi connectivity index (χ4v) is 4.89. The van der Waals surface area contributed by atoms with Crippen LogP contribution in [0.5, 0.6) is 5.75 Å². The molecule has 0 saturated heterocycles. The van der Waals surface area contributed by atoms with Crippen molar-refractivity contribution >= 4 is 5.84 Å². The second-order valence-corrected chi connectivity index (χ2v) is 8.84. The van der Waals surface area contributed by atoms with Crippen molar-refractivity contribution in [2.24, 2.45) is 4.99 Å². The number of hydrogen-bond donors (Lipinski definition) is 2. The Morgan fingerprint density at radius 1 is 1.23 bits per heavy atom. The Bertz CT molecular complexity index is 944. The Morgan fingerprint density at radius 3 is 2.97 bits per heavy atom. The number of fused-ring (bicyclic) bond motifs is 3. The van der Waals surface area contributed by atoms with Crippen LogP contribution in [-0.4, -0.2) is 29.4 Å². The largest absolute Gasteiger partial charge is 0.508 e. The van der Waals surface area contributed by atoms with E-state index in [1.54, 1.807) is 6.08 Å². The Kier molecular flexibility index (Phi) is 5.15. The van der Waals surface area contributed by atoms with E-state index in [0.29, 0.717) is 11.7 Å². The zero-order chi connectivity index (χ0) is 20.7. The van der Waals surface area contributed by atoms with E-state index in [4.69, 9.17) is 14.5 Å². The maximum atomic E-state index is 10.4. The Labute approximate surface area is 178 Å². The summed E-state index contributed by atoms with van der Waals surface area (Å²) < 4.78 is 12.4. The lowest BCUT2D eigenvalue weighted by Crippen LogP contribution is -2.39. The van der Waals surface area contributed by atoms with E-state index < -0.39 is 0 Å². The lowest BCUT2D eigenvalue weighted by atomic mass is 9.87. The third-order valence-electron chi connectivity index (χ3n) is 6.32. The Morgan fingerprint density at radius 2 is 2.13 bits per heavy atom. The molecule has 5 heteroatoms. The minimum absolute atomic E-state index is 0.0551. The molecule has 4 atom stereocenters. The maximum Gasteiger partial charge on any atom is 0.153 e. The van der Waals surface area contributed by atoms with Gasteiger partial charge in [-0.1, -0.05) is 30.4 Å². The van der Waals surface area contributed by atoms with Gasteiger partial charge in [0.05, 0.1) is 12.1 Å². The molecular weight excluding hydrogens is 376 g/mol. The predicted octanol–water partition coefficient (Wildman–Crippen LogP) is 5.23. The molecule has 1 aromatic carbocycles. The SMILES string of the molecule is CC(C)OC1CC(c2ccc3c(c2)OC2CCC=CC32)NC(C2=C(O)C=CCC2)=N1. The zero-order valence-electron chi connectivity index (χ0n) is 17.7. The number of rotatable bonds is 4. The molecule has 2 N–H and O–H groups in total. The summed E-state index contributed by atoms with van der Waals surface area (Å²) >= 11 is 0. The highest BCUT2D eigenvalue weighted by molar-refractivity contribution is 6.00. The van der Waals surface area contributed by atoms with Crippen molar-refractivity contribution in [3.63, 3.8) is 0 Å². The molecule has 158 valence electrons. The highest BCUT2D eigenvalue weighted by atomic mass is 16.5. The van der Waals surface area contributed by atoms with Gasteiger partial charge in [-0.25, -0.2) is 4.99 Å². The summed E-state index contributed by atoms with van der Waals surface area (Å²) in [5, 5.41) is 14.0. The molecule has 0 spiro atoms. The van der Waals surface area contributed by atoms with Crippen LogP contribution in [0, 0.1) is 0 Å². The van der Waals surface area contributed by atoms with Crippen molar-refractivity contribution in [1.29, 1.82) is 0 Å². The first-order chi connectivity index (χ1) is 14.6. The molecule has 0 radical (unpaired) electrons. The molecule has 5 nitrogen and oxygen atoms in total. The molecule has 0 aromatic heterocycles. The second kappa shape index (κ2) is 7.95. The lowest BCUT2D eigenvalue weighted by Gasteiger charge is -2.32. The van der Waals surface area contributed by atoms with Crippen LogP contribution in [0.1, 0.15) is 69.0 Å². The summed E-state index contributed by atoms with van der Waals surface area (Å²) in [4.78, 5) is 4.79. The average molecular weight is 407 g/mol. The van der Waals surface area contributed by atoms with Crippen molar-refractivity contribution in [2.75, 3.05) is 0 Å². The number of nitrogens with one attached hydrogen (secondary N) is 1. The predicted molar refractivity (Wildman–Crippen MR) is 118 cm³/mol. The lowest BCUT2D eigenvalue weighted by molar-refractivity contribution is 0.000518. The fraction of sp³-hybridized carbons (Fsp3) is 0.480. The van der Waals surface area contributed by atoms with Gasteiger partial charge in [0.15, 0.2) is 6.23 Å². The van der Waals surface area contributed by atoms with Gasteiger partial charge in [-0.2, -0.15) is 0 Å². The highest BCUT2D eigenvalue weighted by Gasteiger charge is 2.35. The third-order valence-corrected chi connectivity index (χ3v) is 6.32. The van der Waals surface area contributed by atoms with Gasteiger partial charge < -0.3 is 19.9 Å². The first-order valence-corrected chi connectivity index (χ1v) is 11.1. The van der Waals surface area contributed by atoms with Gasteiger partial charge in [0, 0.05) is 23.5 Å². The fourth-order valence-electron chi connectivity index (χ4n) is 4.89. The molecule has 4 unspecified atom stereocenters. The quantitative estimate of drug-likeness (QED) is 0.672. The van der Waals surface area contributed by atoms with Crippen LogP contribution in [0.3, 0.4) is 0 Å². The molecule has 2 aliphatic heterocycles. The smallest absolute Gasteiger partial charge is 0.153 e. The van der Waals surface area contributed by atoms with Crippen LogP contribution in [0.25, 0.3) is 0 Å². The van der Waals surface area contributed by atoms with Gasteiger partial charge in [0.25, 0.3) is 0 Å². The molecule has 5 rings (SSSR count). The molecule has 1 aromatic rings. The molecular formula is C25H30N2O3. The van der Waals surface area contributed by atoms with E-state index in [1.165, 1.54) is 11.1 Å². The van der Waals surface area contributed by atoms with Gasteiger partial charge >= 0.3 is 0 Å². The molecule has 2 aliphatic carbocycles. The normalized spacial score (nSPS) is 29.9. The number of hydrogen-bond acceptors (Lipinski definition) is 5. The van der Waals surface area contributed by atoms with Crippen LogP contribution in [0.4, 0.5) is 0 Å². The van der Waals surface area contributed by atoms with Gasteiger partial charge in [-0.3, -0.25) is 0 Å². The van der Waals surface area contributed by atoms with Crippen molar-refractivity contribution < 1.29 is 14.6 Å². The van der Waals surface area contributed by atoms with E-state index in [1.807, 2.05) is 19.9 Å². The van der Waals surface area contributed by atoms with E-state index in [0.717, 1.165) is 49.3 Å². The van der Waals surface area contributed by atoms with Gasteiger partial charge in [0.1, 0.15) is 23.4 Å². The number of benzene rings is 1. The number of aliphatic imine (C=N–C) groups is 1. The van der Waals surface area contributed by atoms with E-state index in [-0.39, 0.29) is 24.5 Å². The van der Waals surface area contributed by atoms with Gasteiger partial charge in [-0.05, 0) is 57.2 Å². The molecule has 0 bridgehead atoms. The van der Waals surface area contributed by atoms with Crippen LogP contribution in [0.2, 0.25) is 0 Å². The minimum atomic E-state index is -0.239. The second-order valence-electron chi connectivity index (χ2n) is 8.84. The summed E-state index contributed by atoms with van der Waals surface area (Å²) in [7, 11) is 0. The van der Waals surface area contributed by atoms with E-state index in [2.05, 4.69) is 35.7 Å². The summed E-state index contributed by atoms with van der Waals surface area (Å²) in [6.45, 7) is 4.07. The Hall–Kier alpha value is -2.53. The highest BCUT2D eigenvalue weighted by Crippen LogP contribution is 2.44. The summed E-state index contributed by atoms with van der Waals surface area (Å²) in [6.07, 6.45) is 13.0. The molecule has 30 heavy (non-hydrogen) atoms. The molecule has 0 fully saturated rings. The maximum absolute atomic E-state index is 10.4. The molecule has 4 aliphatic rings. The summed E-state index contributed by atoms with van der Waals surface area (Å²) in [5.74, 6) is 2.43. The number of amidine groups is 1. The number of nitrogens with zero attached hydrogens (tertiary/aromatic N) is 1. The number of allylic oxidation sites excluding steroid dienone is 3. The topological polar surface area (TPSA) is 63.1 Å². The van der Waals surface area contributed by atoms with Crippen molar-refractivity contribution in [3.8, 4) is 5.75 Å². The minimum Gasteiger partial charge on any atom is -0.508 e. The van der Waals surface area contributed by atoms with Crippen LogP contribution >= 0.6 is 0 Å². The Balaban J connectivity index is 1.44.